The van der Waals surface area contributed by atoms with Crippen molar-refractivity contribution in [3.63, 3.8) is 0 Å². The molecule has 3 aromatic rings. The predicted molar refractivity (Wildman–Crippen MR) is 154 cm³/mol. The van der Waals surface area contributed by atoms with E-state index in [1.807, 2.05) is 0 Å². The van der Waals surface area contributed by atoms with Crippen LogP contribution in [0.5, 0.6) is 0 Å². The van der Waals surface area contributed by atoms with Gasteiger partial charge in [0.25, 0.3) is 11.7 Å². The van der Waals surface area contributed by atoms with E-state index >= 15 is 0 Å². The summed E-state index contributed by atoms with van der Waals surface area (Å²) in [6.07, 6.45) is -1.12. The molecule has 3 fully saturated rings. The number of ether oxygens (including phenoxy) is 1. The van der Waals surface area contributed by atoms with E-state index in [4.69, 9.17) is 14.3 Å². The second-order valence-corrected chi connectivity index (χ2v) is 12.8. The predicted octanol–water partition coefficient (Wildman–Crippen LogP) is 4.82. The molecule has 0 radical (unpaired) electrons. The summed E-state index contributed by atoms with van der Waals surface area (Å²) in [6.45, 7) is 2.06. The number of amides is 2. The number of aromatic nitrogens is 6. The van der Waals surface area contributed by atoms with Crippen LogP contribution in [0.25, 0.3) is 5.78 Å². The molecule has 12 nitrogen and oxygen atoms in total. The van der Waals surface area contributed by atoms with Gasteiger partial charge in [0.2, 0.25) is 11.8 Å². The van der Waals surface area contributed by atoms with E-state index in [1.54, 1.807) is 6.92 Å². The van der Waals surface area contributed by atoms with Crippen molar-refractivity contribution in [2.45, 2.75) is 101 Å². The van der Waals surface area contributed by atoms with Crippen LogP contribution in [0.4, 0.5) is 22.0 Å². The number of nitrogens with one attached hydrogen (secondary N) is 2. The average Bonchev–Trinajstić information content (AvgIpc) is 3.60. The van der Waals surface area contributed by atoms with Crippen molar-refractivity contribution in [3.8, 4) is 0 Å². The third-order valence-corrected chi connectivity index (χ3v) is 9.12. The van der Waals surface area contributed by atoms with Gasteiger partial charge in [-0.05, 0) is 43.7 Å². The first kappa shape index (κ1) is 33.2. The number of carbonyl (C=O) groups excluding carboxylic acids is 2. The molecule has 1 aliphatic carbocycles. The van der Waals surface area contributed by atoms with Crippen LogP contribution in [0.1, 0.15) is 116 Å². The number of carbonyl (C=O) groups is 2. The first-order valence-corrected chi connectivity index (χ1v) is 16.1. The highest BCUT2D eigenvalue weighted by molar-refractivity contribution is 5.93. The van der Waals surface area contributed by atoms with Gasteiger partial charge >= 0.3 is 6.18 Å². The molecule has 1 saturated carbocycles. The molecule has 2 N–H and O–H groups in total. The summed E-state index contributed by atoms with van der Waals surface area (Å²) in [5, 5.41) is 17.4. The fraction of sp³-hybridized carbons (Fsp3) is 0.700. The van der Waals surface area contributed by atoms with Gasteiger partial charge in [-0.3, -0.25) is 9.59 Å². The summed E-state index contributed by atoms with van der Waals surface area (Å²) in [6, 6.07) is -0.987. The van der Waals surface area contributed by atoms with Gasteiger partial charge in [-0.15, -0.1) is 0 Å². The van der Waals surface area contributed by atoms with Gasteiger partial charge in [0.15, 0.2) is 5.69 Å². The molecule has 4 unspecified atom stereocenters. The molecule has 0 spiro atoms. The molecule has 3 aliphatic rings. The minimum absolute atomic E-state index is 0.0115. The van der Waals surface area contributed by atoms with Crippen molar-refractivity contribution in [3.05, 3.63) is 34.7 Å². The Morgan fingerprint density at radius 3 is 2.62 bits per heavy atom. The maximum Gasteiger partial charge on any atom is 0.393 e. The number of halogens is 5. The number of rotatable bonds is 12. The number of imidazole rings is 1. The highest BCUT2D eigenvalue weighted by Crippen LogP contribution is 2.40. The van der Waals surface area contributed by atoms with Crippen LogP contribution in [-0.2, 0) is 16.0 Å². The number of alkyl halides is 5. The summed E-state index contributed by atoms with van der Waals surface area (Å²) >= 11 is 0. The molecular weight excluding hydrogens is 631 g/mol. The molecule has 0 bridgehead atoms. The van der Waals surface area contributed by atoms with Crippen molar-refractivity contribution in [2.75, 3.05) is 19.8 Å². The van der Waals surface area contributed by atoms with Crippen molar-refractivity contribution < 1.29 is 40.9 Å². The van der Waals surface area contributed by atoms with Crippen LogP contribution < -0.4 is 10.6 Å². The fourth-order valence-electron chi connectivity index (χ4n) is 6.38. The van der Waals surface area contributed by atoms with Crippen molar-refractivity contribution in [1.29, 1.82) is 0 Å². The standard InChI is InChI=1S/C30H37F5N8O4/c1-2-8-29(31,32)9-7-20(37-27(45)25-24(16-5-6-16)41-47-42-25)22-14-43-28(38-22)39-23(17-4-3-10-46-15-17)21(40-43)12-18-11-19(30(33,34)35)13-36-26(18)44/h14,16-20H,2-13,15H2,1H3,(H,36,44)(H,37,45). The van der Waals surface area contributed by atoms with Gasteiger partial charge in [0, 0.05) is 50.2 Å². The molecule has 0 aromatic carbocycles. The molecular formula is C30H37F5N8O4. The zero-order valence-electron chi connectivity index (χ0n) is 25.9. The summed E-state index contributed by atoms with van der Waals surface area (Å²) in [5.74, 6) is -6.84. The van der Waals surface area contributed by atoms with E-state index in [2.05, 4.69) is 31.0 Å². The number of piperidine rings is 1. The lowest BCUT2D eigenvalue weighted by atomic mass is 9.85. The first-order chi connectivity index (χ1) is 22.4. The highest BCUT2D eigenvalue weighted by Gasteiger charge is 2.45. The molecule has 256 valence electrons. The second-order valence-electron chi connectivity index (χ2n) is 12.8. The van der Waals surface area contributed by atoms with Gasteiger partial charge in [0.05, 0.1) is 41.8 Å². The zero-order chi connectivity index (χ0) is 33.3. The van der Waals surface area contributed by atoms with Gasteiger partial charge < -0.3 is 15.4 Å². The number of nitrogens with zero attached hydrogens (tertiary/aromatic N) is 6. The second kappa shape index (κ2) is 13.4. The van der Waals surface area contributed by atoms with Crippen LogP contribution >= 0.6 is 0 Å². The molecule has 4 atom stereocenters. The summed E-state index contributed by atoms with van der Waals surface area (Å²) < 4.78 is 81.8. The van der Waals surface area contributed by atoms with Crippen molar-refractivity contribution >= 4 is 17.6 Å². The lowest BCUT2D eigenvalue weighted by Gasteiger charge is -2.31. The van der Waals surface area contributed by atoms with E-state index in [9.17, 15) is 31.5 Å². The van der Waals surface area contributed by atoms with E-state index in [1.165, 1.54) is 10.7 Å². The van der Waals surface area contributed by atoms with Crippen LogP contribution in [0.15, 0.2) is 10.8 Å². The Labute approximate surface area is 266 Å². The van der Waals surface area contributed by atoms with Crippen LogP contribution in [0.2, 0.25) is 0 Å². The molecule has 17 heteroatoms. The summed E-state index contributed by atoms with van der Waals surface area (Å²) in [5.41, 5.74) is 1.42. The zero-order valence-corrected chi connectivity index (χ0v) is 25.9. The molecule has 2 aliphatic heterocycles. The molecule has 2 amide bonds. The van der Waals surface area contributed by atoms with Gasteiger partial charge in [-0.1, -0.05) is 18.5 Å². The maximum absolute atomic E-state index is 14.6. The van der Waals surface area contributed by atoms with Crippen molar-refractivity contribution in [1.82, 2.24) is 40.5 Å². The Morgan fingerprint density at radius 1 is 1.11 bits per heavy atom. The highest BCUT2D eigenvalue weighted by atomic mass is 19.4. The molecule has 47 heavy (non-hydrogen) atoms. The lowest BCUT2D eigenvalue weighted by molar-refractivity contribution is -0.183. The quantitative estimate of drug-likeness (QED) is 0.259. The van der Waals surface area contributed by atoms with Crippen LogP contribution in [-0.4, -0.2) is 73.6 Å². The average molecular weight is 669 g/mol. The lowest BCUT2D eigenvalue weighted by Crippen LogP contribution is -2.47. The number of fused-ring (bicyclic) bond motifs is 1. The molecule has 6 rings (SSSR count). The molecule has 5 heterocycles. The van der Waals surface area contributed by atoms with E-state index < -0.39 is 54.8 Å². The van der Waals surface area contributed by atoms with Crippen LogP contribution in [0, 0.1) is 11.8 Å². The SMILES string of the molecule is CCCC(F)(F)CCC(NC(=O)c1nonc1C1CC1)c1cn2nc(CC3CC(C(F)(F)F)CNC3=O)c(C3CCCOC3)nc2n1. The first-order valence-electron chi connectivity index (χ1n) is 16.1. The van der Waals surface area contributed by atoms with Gasteiger partial charge in [-0.2, -0.15) is 18.3 Å². The van der Waals surface area contributed by atoms with Crippen molar-refractivity contribution in [2.24, 2.45) is 11.8 Å². The van der Waals surface area contributed by atoms with Gasteiger partial charge in [-0.25, -0.2) is 27.9 Å². The normalized spacial score (nSPS) is 23.1. The summed E-state index contributed by atoms with van der Waals surface area (Å²) in [7, 11) is 0. The van der Waals surface area contributed by atoms with E-state index in [0.29, 0.717) is 36.7 Å². The number of hydrogen-bond acceptors (Lipinski definition) is 9. The van der Waals surface area contributed by atoms with E-state index in [-0.39, 0.29) is 61.1 Å². The Morgan fingerprint density at radius 2 is 1.91 bits per heavy atom. The van der Waals surface area contributed by atoms with Gasteiger partial charge in [0.1, 0.15) is 5.69 Å². The Balaban J connectivity index is 1.33. The summed E-state index contributed by atoms with van der Waals surface area (Å²) in [4.78, 5) is 35.3. The number of hydrogen-bond donors (Lipinski definition) is 2. The van der Waals surface area contributed by atoms with Crippen LogP contribution in [0.3, 0.4) is 0 Å². The minimum atomic E-state index is -4.46. The minimum Gasteiger partial charge on any atom is -0.381 e. The monoisotopic (exact) mass is 668 g/mol. The van der Waals surface area contributed by atoms with E-state index in [0.717, 1.165) is 19.3 Å². The Hall–Kier alpha value is -3.76. The third kappa shape index (κ3) is 7.70. The largest absolute Gasteiger partial charge is 0.393 e. The smallest absolute Gasteiger partial charge is 0.381 e. The Bertz CT molecular complexity index is 1580. The Kier molecular flexibility index (Phi) is 9.45. The maximum atomic E-state index is 14.6. The molecule has 3 aromatic heterocycles. The topological polar surface area (TPSA) is 149 Å². The fourth-order valence-corrected chi connectivity index (χ4v) is 6.38. The molecule has 2 saturated heterocycles. The third-order valence-electron chi connectivity index (χ3n) is 9.12.